The van der Waals surface area contributed by atoms with Crippen molar-refractivity contribution in [1.82, 2.24) is 5.32 Å². The van der Waals surface area contributed by atoms with Gasteiger partial charge in [0.15, 0.2) is 0 Å². The summed E-state index contributed by atoms with van der Waals surface area (Å²) in [6, 6.07) is 0. The Bertz CT molecular complexity index is 236. The number of rotatable bonds is 4. The van der Waals surface area contributed by atoms with E-state index in [1.165, 1.54) is 6.92 Å². The molecule has 0 aliphatic carbocycles. The fraction of sp³-hybridized carbons (Fsp3) is 0.800. The van der Waals surface area contributed by atoms with Crippen LogP contribution < -0.4 is 5.32 Å². The Balaban J connectivity index is 4.71. The van der Waals surface area contributed by atoms with Crippen LogP contribution in [0.5, 0.6) is 0 Å². The first kappa shape index (κ1) is 12.9. The first-order chi connectivity index (χ1) is 6.21. The third kappa shape index (κ3) is 2.72. The van der Waals surface area contributed by atoms with Crippen molar-refractivity contribution in [2.45, 2.75) is 40.2 Å². The molecule has 0 aliphatic rings. The highest BCUT2D eigenvalue weighted by Gasteiger charge is 2.38. The lowest BCUT2D eigenvalue weighted by atomic mass is 9.88. The van der Waals surface area contributed by atoms with Crippen LogP contribution in [0, 0.1) is 11.8 Å². The summed E-state index contributed by atoms with van der Waals surface area (Å²) in [6.07, 6.45) is 0. The van der Waals surface area contributed by atoms with E-state index in [0.29, 0.717) is 0 Å². The smallest absolute Gasteiger partial charge is 0.329 e. The number of hydrogen-bond donors (Lipinski definition) is 2. The zero-order valence-corrected chi connectivity index (χ0v) is 9.42. The van der Waals surface area contributed by atoms with E-state index in [2.05, 4.69) is 5.32 Å². The molecule has 0 saturated carbocycles. The number of nitrogens with one attached hydrogen (secondary N) is 1. The Morgan fingerprint density at radius 2 is 1.64 bits per heavy atom. The topological polar surface area (TPSA) is 66.4 Å². The van der Waals surface area contributed by atoms with Crippen molar-refractivity contribution < 1.29 is 14.7 Å². The van der Waals surface area contributed by atoms with Gasteiger partial charge in [-0.05, 0) is 12.8 Å². The summed E-state index contributed by atoms with van der Waals surface area (Å²) in [5, 5.41) is 11.6. The number of carbonyl (C=O) groups excluding carboxylic acids is 1. The second-order valence-electron chi connectivity index (χ2n) is 4.31. The molecule has 0 radical (unpaired) electrons. The fourth-order valence-electron chi connectivity index (χ4n) is 0.845. The van der Waals surface area contributed by atoms with Crippen LogP contribution in [0.3, 0.4) is 0 Å². The highest BCUT2D eigenvalue weighted by Crippen LogP contribution is 2.17. The van der Waals surface area contributed by atoms with E-state index in [4.69, 9.17) is 5.11 Å². The molecule has 2 N–H and O–H groups in total. The van der Waals surface area contributed by atoms with Gasteiger partial charge in [-0.15, -0.1) is 0 Å². The van der Waals surface area contributed by atoms with E-state index >= 15 is 0 Å². The minimum Gasteiger partial charge on any atom is -0.480 e. The van der Waals surface area contributed by atoms with Gasteiger partial charge in [-0.25, -0.2) is 4.79 Å². The van der Waals surface area contributed by atoms with Gasteiger partial charge in [0.1, 0.15) is 5.54 Å². The number of aliphatic carboxylic acids is 1. The first-order valence-corrected chi connectivity index (χ1v) is 4.77. The molecule has 0 aromatic rings. The Hall–Kier alpha value is -1.06. The van der Waals surface area contributed by atoms with E-state index in [9.17, 15) is 9.59 Å². The molecule has 0 saturated heterocycles. The van der Waals surface area contributed by atoms with Crippen LogP contribution in [0.1, 0.15) is 34.6 Å². The molecule has 0 heterocycles. The van der Waals surface area contributed by atoms with E-state index in [0.717, 1.165) is 0 Å². The van der Waals surface area contributed by atoms with Gasteiger partial charge in [0.2, 0.25) is 5.91 Å². The molecule has 0 aromatic heterocycles. The molecule has 1 amide bonds. The predicted molar refractivity (Wildman–Crippen MR) is 53.9 cm³/mol. The molecule has 0 aliphatic heterocycles. The van der Waals surface area contributed by atoms with Crippen LogP contribution in [0.25, 0.3) is 0 Å². The van der Waals surface area contributed by atoms with E-state index in [-0.39, 0.29) is 17.7 Å². The summed E-state index contributed by atoms with van der Waals surface area (Å²) in [6.45, 7) is 8.54. The van der Waals surface area contributed by atoms with Crippen LogP contribution in [0.4, 0.5) is 0 Å². The fourth-order valence-corrected chi connectivity index (χ4v) is 0.845. The van der Waals surface area contributed by atoms with Gasteiger partial charge in [-0.2, -0.15) is 0 Å². The van der Waals surface area contributed by atoms with Crippen LogP contribution in [-0.2, 0) is 9.59 Å². The van der Waals surface area contributed by atoms with Crippen LogP contribution >= 0.6 is 0 Å². The van der Waals surface area contributed by atoms with Crippen LogP contribution in [-0.4, -0.2) is 22.5 Å². The SMILES string of the molecule is CC(C)C(=O)NC(C)(C(=O)O)C(C)C. The van der Waals surface area contributed by atoms with Crippen molar-refractivity contribution >= 4 is 11.9 Å². The van der Waals surface area contributed by atoms with Crippen LogP contribution in [0.15, 0.2) is 0 Å². The normalized spacial score (nSPS) is 15.4. The Morgan fingerprint density at radius 3 is 1.86 bits per heavy atom. The maximum absolute atomic E-state index is 11.4. The quantitative estimate of drug-likeness (QED) is 0.719. The molecule has 0 rings (SSSR count). The lowest BCUT2D eigenvalue weighted by molar-refractivity contribution is -0.149. The molecule has 1 atom stereocenters. The third-order valence-electron chi connectivity index (χ3n) is 2.51. The minimum absolute atomic E-state index is 0.150. The second kappa shape index (κ2) is 4.44. The molecular weight excluding hydrogens is 182 g/mol. The van der Waals surface area contributed by atoms with Gasteiger partial charge in [0.05, 0.1) is 0 Å². The van der Waals surface area contributed by atoms with Crippen LogP contribution in [0.2, 0.25) is 0 Å². The highest BCUT2D eigenvalue weighted by atomic mass is 16.4. The first-order valence-electron chi connectivity index (χ1n) is 4.77. The zero-order chi connectivity index (χ0) is 11.5. The summed E-state index contributed by atoms with van der Waals surface area (Å²) in [5.74, 6) is -1.58. The van der Waals surface area contributed by atoms with Crippen molar-refractivity contribution in [2.75, 3.05) is 0 Å². The van der Waals surface area contributed by atoms with Crippen molar-refractivity contribution in [1.29, 1.82) is 0 Å². The second-order valence-corrected chi connectivity index (χ2v) is 4.31. The summed E-state index contributed by atoms with van der Waals surface area (Å²) in [5.41, 5.74) is -1.18. The summed E-state index contributed by atoms with van der Waals surface area (Å²) in [7, 11) is 0. The van der Waals surface area contributed by atoms with Crippen molar-refractivity contribution in [2.24, 2.45) is 11.8 Å². The molecule has 0 aromatic carbocycles. The monoisotopic (exact) mass is 201 g/mol. The maximum Gasteiger partial charge on any atom is 0.329 e. The molecule has 0 spiro atoms. The third-order valence-corrected chi connectivity index (χ3v) is 2.51. The van der Waals surface area contributed by atoms with E-state index < -0.39 is 11.5 Å². The maximum atomic E-state index is 11.4. The molecular formula is C10H19NO3. The number of carbonyl (C=O) groups is 2. The summed E-state index contributed by atoms with van der Waals surface area (Å²) in [4.78, 5) is 22.4. The van der Waals surface area contributed by atoms with Gasteiger partial charge in [-0.1, -0.05) is 27.7 Å². The lowest BCUT2D eigenvalue weighted by Gasteiger charge is -2.30. The standard InChI is InChI=1S/C10H19NO3/c1-6(2)8(12)11-10(5,7(3)4)9(13)14/h6-7H,1-5H3,(H,11,12)(H,13,14). The predicted octanol–water partition coefficient (Wildman–Crippen LogP) is 1.26. The molecule has 0 bridgehead atoms. The van der Waals surface area contributed by atoms with Crippen molar-refractivity contribution in [3.05, 3.63) is 0 Å². The average Bonchev–Trinajstić information content (AvgIpc) is 2.02. The Kier molecular flexibility index (Phi) is 4.10. The van der Waals surface area contributed by atoms with Gasteiger partial charge in [0.25, 0.3) is 0 Å². The highest BCUT2D eigenvalue weighted by molar-refractivity contribution is 5.87. The molecule has 1 unspecified atom stereocenters. The molecule has 14 heavy (non-hydrogen) atoms. The van der Waals surface area contributed by atoms with E-state index in [1.54, 1.807) is 27.7 Å². The van der Waals surface area contributed by atoms with Crippen molar-refractivity contribution in [3.8, 4) is 0 Å². The number of amides is 1. The summed E-state index contributed by atoms with van der Waals surface area (Å²) < 4.78 is 0. The molecule has 4 heteroatoms. The average molecular weight is 201 g/mol. The van der Waals surface area contributed by atoms with Gasteiger partial charge >= 0.3 is 5.97 Å². The Labute approximate surface area is 84.7 Å². The summed E-state index contributed by atoms with van der Waals surface area (Å²) >= 11 is 0. The zero-order valence-electron chi connectivity index (χ0n) is 9.42. The largest absolute Gasteiger partial charge is 0.480 e. The van der Waals surface area contributed by atoms with Gasteiger partial charge in [0, 0.05) is 5.92 Å². The number of hydrogen-bond acceptors (Lipinski definition) is 2. The number of carboxylic acids is 1. The lowest BCUT2D eigenvalue weighted by Crippen LogP contribution is -2.56. The minimum atomic E-state index is -1.18. The Morgan fingerprint density at radius 1 is 1.21 bits per heavy atom. The molecule has 0 fully saturated rings. The van der Waals surface area contributed by atoms with E-state index in [1.807, 2.05) is 0 Å². The van der Waals surface area contributed by atoms with Crippen molar-refractivity contribution in [3.63, 3.8) is 0 Å². The molecule has 4 nitrogen and oxygen atoms in total. The van der Waals surface area contributed by atoms with Gasteiger partial charge in [-0.3, -0.25) is 4.79 Å². The van der Waals surface area contributed by atoms with Gasteiger partial charge < -0.3 is 10.4 Å². The number of carboxylic acid groups (broad SMARTS) is 1. The molecule has 82 valence electrons.